The molecule has 0 saturated heterocycles. The molecule has 20 heavy (non-hydrogen) atoms. The lowest BCUT2D eigenvalue weighted by Crippen LogP contribution is -1.98. The minimum absolute atomic E-state index is 0.0518. The topological polar surface area (TPSA) is 30.0 Å². The first-order chi connectivity index (χ1) is 9.66. The molecule has 0 fully saturated rings. The normalized spacial score (nSPS) is 10.7. The van der Waals surface area contributed by atoms with Crippen LogP contribution in [0.1, 0.15) is 17.4 Å². The fourth-order valence-corrected chi connectivity index (χ4v) is 2.50. The van der Waals surface area contributed by atoms with Gasteiger partial charge in [-0.1, -0.05) is 48.0 Å². The minimum Gasteiger partial charge on any atom is -0.293 e. The number of Topliss-reactive ketones (excluding diaryl/α,β-unsaturated/α-hetero) is 1. The van der Waals surface area contributed by atoms with E-state index in [1.165, 1.54) is 6.92 Å². The quantitative estimate of drug-likeness (QED) is 0.634. The lowest BCUT2D eigenvalue weighted by Gasteiger charge is -2.10. The second kappa shape index (κ2) is 5.06. The first-order valence-electron chi connectivity index (χ1n) is 6.32. The third-order valence-electron chi connectivity index (χ3n) is 3.24. The van der Waals surface area contributed by atoms with Gasteiger partial charge in [-0.15, -0.1) is 0 Å². The van der Waals surface area contributed by atoms with Crippen molar-refractivity contribution in [1.29, 1.82) is 0 Å². The van der Waals surface area contributed by atoms with Crippen molar-refractivity contribution in [2.75, 3.05) is 0 Å². The standard InChI is InChI=1S/C17H12ClNO/c1-11(20)17-10-14(12-6-2-4-8-15(12)18)13-7-3-5-9-16(13)19-17/h2-10H,1H3. The number of aromatic nitrogens is 1. The predicted molar refractivity (Wildman–Crippen MR) is 82.2 cm³/mol. The van der Waals surface area contributed by atoms with Gasteiger partial charge in [-0.25, -0.2) is 4.98 Å². The third-order valence-corrected chi connectivity index (χ3v) is 3.57. The number of nitrogens with zero attached hydrogens (tertiary/aromatic N) is 1. The number of hydrogen-bond donors (Lipinski definition) is 0. The average Bonchev–Trinajstić information content (AvgIpc) is 2.46. The van der Waals surface area contributed by atoms with Gasteiger partial charge in [0.1, 0.15) is 5.69 Å². The fourth-order valence-electron chi connectivity index (χ4n) is 2.26. The zero-order valence-corrected chi connectivity index (χ0v) is 11.7. The molecule has 0 spiro atoms. The van der Waals surface area contributed by atoms with Crippen molar-refractivity contribution in [3.8, 4) is 11.1 Å². The number of pyridine rings is 1. The molecule has 1 aromatic heterocycles. The van der Waals surface area contributed by atoms with Crippen molar-refractivity contribution < 1.29 is 4.79 Å². The van der Waals surface area contributed by atoms with Crippen molar-refractivity contribution in [2.45, 2.75) is 6.92 Å². The molecule has 0 N–H and O–H groups in total. The van der Waals surface area contributed by atoms with E-state index in [4.69, 9.17) is 11.6 Å². The van der Waals surface area contributed by atoms with Crippen LogP contribution < -0.4 is 0 Å². The lowest BCUT2D eigenvalue weighted by molar-refractivity contribution is 0.101. The summed E-state index contributed by atoms with van der Waals surface area (Å²) in [7, 11) is 0. The molecule has 0 bridgehead atoms. The van der Waals surface area contributed by atoms with Gasteiger partial charge in [0.25, 0.3) is 0 Å². The smallest absolute Gasteiger partial charge is 0.178 e. The zero-order valence-electron chi connectivity index (χ0n) is 10.9. The molecule has 1 heterocycles. The van der Waals surface area contributed by atoms with Crippen LogP contribution in [0.25, 0.3) is 22.0 Å². The van der Waals surface area contributed by atoms with Crippen LogP contribution in [-0.2, 0) is 0 Å². The van der Waals surface area contributed by atoms with E-state index in [1.807, 2.05) is 54.6 Å². The molecule has 2 nitrogen and oxygen atoms in total. The summed E-state index contributed by atoms with van der Waals surface area (Å²) < 4.78 is 0. The Morgan fingerprint density at radius 2 is 1.70 bits per heavy atom. The maximum Gasteiger partial charge on any atom is 0.178 e. The van der Waals surface area contributed by atoms with Crippen molar-refractivity contribution in [3.05, 3.63) is 65.3 Å². The van der Waals surface area contributed by atoms with Crippen molar-refractivity contribution in [2.24, 2.45) is 0 Å². The second-order valence-corrected chi connectivity index (χ2v) is 5.02. The molecule has 0 radical (unpaired) electrons. The zero-order chi connectivity index (χ0) is 14.1. The van der Waals surface area contributed by atoms with Gasteiger partial charge in [0.05, 0.1) is 5.52 Å². The first kappa shape index (κ1) is 12.8. The number of carbonyl (C=O) groups excluding carboxylic acids is 1. The molecule has 0 aliphatic heterocycles. The van der Waals surface area contributed by atoms with Crippen molar-refractivity contribution in [1.82, 2.24) is 4.98 Å². The van der Waals surface area contributed by atoms with Crippen LogP contribution in [0, 0.1) is 0 Å². The molecule has 3 rings (SSSR count). The first-order valence-corrected chi connectivity index (χ1v) is 6.70. The van der Waals surface area contributed by atoms with Gasteiger partial charge in [-0.3, -0.25) is 4.79 Å². The number of fused-ring (bicyclic) bond motifs is 1. The Morgan fingerprint density at radius 1 is 1.00 bits per heavy atom. The van der Waals surface area contributed by atoms with E-state index in [-0.39, 0.29) is 5.78 Å². The average molecular weight is 282 g/mol. The summed E-state index contributed by atoms with van der Waals surface area (Å²) in [5.41, 5.74) is 3.11. The molecule has 2 aromatic carbocycles. The van der Waals surface area contributed by atoms with Gasteiger partial charge in [-0.05, 0) is 23.8 Å². The lowest BCUT2D eigenvalue weighted by atomic mass is 9.99. The van der Waals surface area contributed by atoms with Crippen LogP contribution in [0.3, 0.4) is 0 Å². The van der Waals surface area contributed by atoms with Crippen LogP contribution in [-0.4, -0.2) is 10.8 Å². The molecular formula is C17H12ClNO. The highest BCUT2D eigenvalue weighted by molar-refractivity contribution is 6.33. The van der Waals surface area contributed by atoms with Crippen LogP contribution >= 0.6 is 11.6 Å². The molecule has 0 saturated carbocycles. The summed E-state index contributed by atoms with van der Waals surface area (Å²) in [5, 5.41) is 1.66. The van der Waals surface area contributed by atoms with E-state index in [0.717, 1.165) is 22.0 Å². The summed E-state index contributed by atoms with van der Waals surface area (Å²) in [6.07, 6.45) is 0. The molecule has 0 aliphatic carbocycles. The molecular weight excluding hydrogens is 270 g/mol. The number of carbonyl (C=O) groups is 1. The molecule has 0 unspecified atom stereocenters. The molecule has 3 heteroatoms. The highest BCUT2D eigenvalue weighted by atomic mass is 35.5. The maximum absolute atomic E-state index is 11.7. The number of para-hydroxylation sites is 1. The Balaban J connectivity index is 2.39. The van der Waals surface area contributed by atoms with Crippen LogP contribution in [0.4, 0.5) is 0 Å². The Labute approximate surface area is 122 Å². The van der Waals surface area contributed by atoms with Gasteiger partial charge in [0.15, 0.2) is 5.78 Å². The number of halogens is 1. The Kier molecular flexibility index (Phi) is 3.25. The largest absolute Gasteiger partial charge is 0.293 e. The van der Waals surface area contributed by atoms with E-state index >= 15 is 0 Å². The van der Waals surface area contributed by atoms with E-state index < -0.39 is 0 Å². The molecule has 3 aromatic rings. The second-order valence-electron chi connectivity index (χ2n) is 4.61. The highest BCUT2D eigenvalue weighted by Gasteiger charge is 2.12. The maximum atomic E-state index is 11.7. The van der Waals surface area contributed by atoms with E-state index in [9.17, 15) is 4.79 Å². The fraction of sp³-hybridized carbons (Fsp3) is 0.0588. The Morgan fingerprint density at radius 3 is 2.45 bits per heavy atom. The van der Waals surface area contributed by atoms with Crippen LogP contribution in [0.15, 0.2) is 54.6 Å². The van der Waals surface area contributed by atoms with E-state index in [1.54, 1.807) is 0 Å². The molecule has 98 valence electrons. The van der Waals surface area contributed by atoms with Gasteiger partial charge in [0.2, 0.25) is 0 Å². The third kappa shape index (κ3) is 2.19. The highest BCUT2D eigenvalue weighted by Crippen LogP contribution is 2.33. The van der Waals surface area contributed by atoms with E-state index in [2.05, 4.69) is 4.98 Å². The number of hydrogen-bond acceptors (Lipinski definition) is 2. The van der Waals surface area contributed by atoms with E-state index in [0.29, 0.717) is 10.7 Å². The van der Waals surface area contributed by atoms with Gasteiger partial charge >= 0.3 is 0 Å². The summed E-state index contributed by atoms with van der Waals surface area (Å²) in [4.78, 5) is 16.1. The van der Waals surface area contributed by atoms with Gasteiger partial charge < -0.3 is 0 Å². The Hall–Kier alpha value is -2.19. The summed E-state index contributed by atoms with van der Waals surface area (Å²) in [6.45, 7) is 1.52. The van der Waals surface area contributed by atoms with Crippen molar-refractivity contribution in [3.63, 3.8) is 0 Å². The van der Waals surface area contributed by atoms with Gasteiger partial charge in [0, 0.05) is 22.9 Å². The minimum atomic E-state index is -0.0518. The van der Waals surface area contributed by atoms with Gasteiger partial charge in [-0.2, -0.15) is 0 Å². The molecule has 0 amide bonds. The number of rotatable bonds is 2. The monoisotopic (exact) mass is 281 g/mol. The number of benzene rings is 2. The van der Waals surface area contributed by atoms with Crippen LogP contribution in [0.2, 0.25) is 5.02 Å². The number of ketones is 1. The SMILES string of the molecule is CC(=O)c1cc(-c2ccccc2Cl)c2ccccc2n1. The van der Waals surface area contributed by atoms with Crippen LogP contribution in [0.5, 0.6) is 0 Å². The van der Waals surface area contributed by atoms with Crippen molar-refractivity contribution >= 4 is 28.3 Å². The summed E-state index contributed by atoms with van der Waals surface area (Å²) in [6, 6.07) is 17.2. The summed E-state index contributed by atoms with van der Waals surface area (Å²) >= 11 is 6.29. The predicted octanol–water partition coefficient (Wildman–Crippen LogP) is 4.76. The summed E-state index contributed by atoms with van der Waals surface area (Å²) in [5.74, 6) is -0.0518. The molecule has 0 atom stereocenters. The molecule has 0 aliphatic rings. The Bertz CT molecular complexity index is 811.